The highest BCUT2D eigenvalue weighted by Gasteiger charge is 2.47. The molecule has 4 rings (SSSR count). The maximum atomic E-state index is 13.1. The van der Waals surface area contributed by atoms with Crippen molar-refractivity contribution in [3.05, 3.63) is 108 Å². The van der Waals surface area contributed by atoms with E-state index >= 15 is 0 Å². The van der Waals surface area contributed by atoms with Crippen molar-refractivity contribution in [2.24, 2.45) is 5.92 Å². The Morgan fingerprint density at radius 3 is 1.80 bits per heavy atom. The Morgan fingerprint density at radius 2 is 1.27 bits per heavy atom. The molecule has 0 N–H and O–H groups in total. The average Bonchev–Trinajstić information content (AvgIpc) is 3.06. The Labute approximate surface area is 175 Å². The molecule has 0 amide bonds. The van der Waals surface area contributed by atoms with Crippen molar-refractivity contribution in [2.45, 2.75) is 24.9 Å². The van der Waals surface area contributed by atoms with E-state index in [-0.39, 0.29) is 18.8 Å². The van der Waals surface area contributed by atoms with Crippen LogP contribution in [0.1, 0.15) is 29.0 Å². The van der Waals surface area contributed by atoms with Crippen molar-refractivity contribution < 1.29 is 19.1 Å². The largest absolute Gasteiger partial charge is 0.453 e. The van der Waals surface area contributed by atoms with Gasteiger partial charge in [0.25, 0.3) is 0 Å². The van der Waals surface area contributed by atoms with Crippen LogP contribution in [0.3, 0.4) is 0 Å². The summed E-state index contributed by atoms with van der Waals surface area (Å²) in [6.45, 7) is 0. The van der Waals surface area contributed by atoms with Crippen molar-refractivity contribution in [3.63, 3.8) is 0 Å². The van der Waals surface area contributed by atoms with Gasteiger partial charge >= 0.3 is 5.97 Å². The summed E-state index contributed by atoms with van der Waals surface area (Å²) in [5, 5.41) is 0. The summed E-state index contributed by atoms with van der Waals surface area (Å²) in [6.07, 6.45) is -0.547. The third kappa shape index (κ3) is 4.23. The highest BCUT2D eigenvalue weighted by molar-refractivity contribution is 6.22. The molecule has 3 aromatic carbocycles. The zero-order valence-electron chi connectivity index (χ0n) is 16.4. The number of hydrogen-bond acceptors (Lipinski definition) is 4. The third-order valence-corrected chi connectivity index (χ3v) is 5.49. The first kappa shape index (κ1) is 19.8. The lowest BCUT2D eigenvalue weighted by atomic mass is 9.83. The zero-order valence-corrected chi connectivity index (χ0v) is 16.4. The van der Waals surface area contributed by atoms with Gasteiger partial charge in [0.1, 0.15) is 0 Å². The summed E-state index contributed by atoms with van der Waals surface area (Å²) >= 11 is 0. The number of ether oxygens (including phenoxy) is 1. The van der Waals surface area contributed by atoms with Crippen LogP contribution in [0.5, 0.6) is 0 Å². The summed E-state index contributed by atoms with van der Waals surface area (Å²) in [6, 6.07) is 28.7. The van der Waals surface area contributed by atoms with Gasteiger partial charge in [-0.25, -0.2) is 0 Å². The van der Waals surface area contributed by atoms with Gasteiger partial charge in [0.05, 0.1) is 0 Å². The molecule has 0 bridgehead atoms. The van der Waals surface area contributed by atoms with E-state index in [2.05, 4.69) is 0 Å². The number of cyclic esters (lactones) is 1. The van der Waals surface area contributed by atoms with Crippen molar-refractivity contribution in [2.75, 3.05) is 0 Å². The van der Waals surface area contributed by atoms with Gasteiger partial charge in [-0.05, 0) is 16.7 Å². The van der Waals surface area contributed by atoms with Gasteiger partial charge in [-0.15, -0.1) is 0 Å². The standard InChI is InChI=1S/C26H22O4/c27-22(17-21(19-12-6-2-7-13-19)20-14-8-3-9-15-20)24-25(28)23(30-26(24)29)16-18-10-4-1-5-11-18/h1-15,21,23-24H,16-17H2. The van der Waals surface area contributed by atoms with Crippen molar-refractivity contribution in [1.82, 2.24) is 0 Å². The lowest BCUT2D eigenvalue weighted by molar-refractivity contribution is -0.146. The van der Waals surface area contributed by atoms with E-state index in [4.69, 9.17) is 4.74 Å². The summed E-state index contributed by atoms with van der Waals surface area (Å²) in [5.74, 6) is -3.12. The number of Topliss-reactive ketones (excluding diaryl/α,β-unsaturated/α-hetero) is 2. The molecule has 2 unspecified atom stereocenters. The van der Waals surface area contributed by atoms with Crippen molar-refractivity contribution in [3.8, 4) is 0 Å². The van der Waals surface area contributed by atoms with Crippen LogP contribution in [0, 0.1) is 5.92 Å². The maximum Gasteiger partial charge on any atom is 0.325 e. The molecule has 4 heteroatoms. The first-order chi connectivity index (χ1) is 14.6. The van der Waals surface area contributed by atoms with Crippen LogP contribution >= 0.6 is 0 Å². The molecule has 0 radical (unpaired) electrons. The number of carbonyl (C=O) groups is 3. The molecule has 30 heavy (non-hydrogen) atoms. The van der Waals surface area contributed by atoms with Crippen LogP contribution in [0.25, 0.3) is 0 Å². The summed E-state index contributed by atoms with van der Waals surface area (Å²) < 4.78 is 5.29. The van der Waals surface area contributed by atoms with Crippen molar-refractivity contribution in [1.29, 1.82) is 0 Å². The first-order valence-electron chi connectivity index (χ1n) is 10.0. The van der Waals surface area contributed by atoms with Gasteiger partial charge in [-0.1, -0.05) is 91.0 Å². The van der Waals surface area contributed by atoms with E-state index < -0.39 is 29.6 Å². The molecule has 1 heterocycles. The minimum Gasteiger partial charge on any atom is -0.453 e. The van der Waals surface area contributed by atoms with Crippen molar-refractivity contribution >= 4 is 17.5 Å². The third-order valence-electron chi connectivity index (χ3n) is 5.49. The smallest absolute Gasteiger partial charge is 0.325 e. The van der Waals surface area contributed by atoms with Gasteiger partial charge in [0, 0.05) is 18.8 Å². The number of ketones is 2. The predicted octanol–water partition coefficient (Wildman–Crippen LogP) is 4.13. The van der Waals surface area contributed by atoms with E-state index in [1.165, 1.54) is 0 Å². The number of hydrogen-bond donors (Lipinski definition) is 0. The topological polar surface area (TPSA) is 60.4 Å². The Hall–Kier alpha value is -3.53. The molecule has 1 saturated heterocycles. The molecule has 0 aliphatic carbocycles. The zero-order chi connectivity index (χ0) is 20.9. The molecule has 2 atom stereocenters. The molecule has 150 valence electrons. The second kappa shape index (κ2) is 8.87. The van der Waals surface area contributed by atoms with Crippen LogP contribution in [-0.2, 0) is 25.5 Å². The molecule has 0 aromatic heterocycles. The summed E-state index contributed by atoms with van der Waals surface area (Å²) in [4.78, 5) is 38.4. The van der Waals surface area contributed by atoms with E-state index in [1.807, 2.05) is 91.0 Å². The molecule has 0 spiro atoms. The normalized spacial score (nSPS) is 18.4. The van der Waals surface area contributed by atoms with Gasteiger partial charge in [0.2, 0.25) is 0 Å². The van der Waals surface area contributed by atoms with Gasteiger partial charge < -0.3 is 4.74 Å². The highest BCUT2D eigenvalue weighted by atomic mass is 16.6. The molecular formula is C26H22O4. The second-order valence-corrected chi connectivity index (χ2v) is 7.50. The Morgan fingerprint density at radius 1 is 0.767 bits per heavy atom. The number of carbonyl (C=O) groups excluding carboxylic acids is 3. The second-order valence-electron chi connectivity index (χ2n) is 7.50. The molecule has 1 fully saturated rings. The van der Waals surface area contributed by atoms with E-state index in [0.717, 1.165) is 16.7 Å². The Balaban J connectivity index is 1.54. The predicted molar refractivity (Wildman–Crippen MR) is 113 cm³/mol. The SMILES string of the molecule is O=C(CC(c1ccccc1)c1ccccc1)C1C(=O)OC(Cc2ccccc2)C1=O. The molecule has 0 saturated carbocycles. The number of rotatable bonds is 7. The molecule has 1 aliphatic rings. The molecule has 1 aliphatic heterocycles. The molecule has 4 nitrogen and oxygen atoms in total. The summed E-state index contributed by atoms with van der Waals surface area (Å²) in [7, 11) is 0. The fraction of sp³-hybridized carbons (Fsp3) is 0.192. The van der Waals surface area contributed by atoms with E-state index in [1.54, 1.807) is 0 Å². The highest BCUT2D eigenvalue weighted by Crippen LogP contribution is 2.31. The van der Waals surface area contributed by atoms with E-state index in [0.29, 0.717) is 0 Å². The summed E-state index contributed by atoms with van der Waals surface area (Å²) in [5.41, 5.74) is 2.83. The number of benzene rings is 3. The fourth-order valence-corrected chi connectivity index (χ4v) is 3.95. The maximum absolute atomic E-state index is 13.1. The lowest BCUT2D eigenvalue weighted by Gasteiger charge is -2.18. The minimum atomic E-state index is -1.34. The quantitative estimate of drug-likeness (QED) is 0.443. The number of esters is 1. The molecular weight excluding hydrogens is 376 g/mol. The lowest BCUT2D eigenvalue weighted by Crippen LogP contribution is -2.30. The van der Waals surface area contributed by atoms with Gasteiger partial charge in [-0.2, -0.15) is 0 Å². The first-order valence-corrected chi connectivity index (χ1v) is 10.0. The van der Waals surface area contributed by atoms with Crippen LogP contribution in [0.15, 0.2) is 91.0 Å². The monoisotopic (exact) mass is 398 g/mol. The van der Waals surface area contributed by atoms with Crippen LogP contribution in [0.4, 0.5) is 0 Å². The van der Waals surface area contributed by atoms with Crippen LogP contribution < -0.4 is 0 Å². The van der Waals surface area contributed by atoms with Crippen LogP contribution in [-0.4, -0.2) is 23.6 Å². The Bertz CT molecular complexity index is 989. The van der Waals surface area contributed by atoms with Gasteiger partial charge in [-0.3, -0.25) is 14.4 Å². The molecule has 3 aromatic rings. The van der Waals surface area contributed by atoms with Crippen LogP contribution in [0.2, 0.25) is 0 Å². The van der Waals surface area contributed by atoms with E-state index in [9.17, 15) is 14.4 Å². The fourth-order valence-electron chi connectivity index (χ4n) is 3.95. The minimum absolute atomic E-state index is 0.0671. The van der Waals surface area contributed by atoms with Gasteiger partial charge in [0.15, 0.2) is 23.6 Å². The Kier molecular flexibility index (Phi) is 5.84. The average molecular weight is 398 g/mol.